The molecule has 1 N–H and O–H groups in total. The fraction of sp³-hybridized carbons (Fsp3) is 0.200. The van der Waals surface area contributed by atoms with Gasteiger partial charge in [-0.25, -0.2) is 13.1 Å². The average molecular weight is 364 g/mol. The number of hydrogen-bond donors (Lipinski definition) is 1. The van der Waals surface area contributed by atoms with Gasteiger partial charge in [0.2, 0.25) is 10.0 Å². The van der Waals surface area contributed by atoms with Crippen molar-refractivity contribution in [1.82, 2.24) is 4.72 Å². The monoisotopic (exact) mass is 363 g/mol. The van der Waals surface area contributed by atoms with Crippen LogP contribution in [0.3, 0.4) is 0 Å². The number of halogens is 4. The standard InChI is InChI=1S/C15H13ClF3NO2S/c1-10-6-7-12(8-14(10)16)23(21,22)20-9-11-4-2-3-5-13(11)15(17,18)19/h2-8,20H,9H2,1H3. The van der Waals surface area contributed by atoms with Crippen molar-refractivity contribution in [2.24, 2.45) is 0 Å². The Morgan fingerprint density at radius 1 is 1.13 bits per heavy atom. The maximum atomic E-state index is 12.9. The summed E-state index contributed by atoms with van der Waals surface area (Å²) in [5.74, 6) is 0. The fourth-order valence-corrected chi connectivity index (χ4v) is 3.23. The van der Waals surface area contributed by atoms with E-state index >= 15 is 0 Å². The molecule has 0 aliphatic carbocycles. The summed E-state index contributed by atoms with van der Waals surface area (Å²) in [6, 6.07) is 8.94. The molecular weight excluding hydrogens is 351 g/mol. The van der Waals surface area contributed by atoms with E-state index in [1.807, 2.05) is 0 Å². The zero-order chi connectivity index (χ0) is 17.3. The smallest absolute Gasteiger partial charge is 0.207 e. The molecule has 0 heterocycles. The minimum absolute atomic E-state index is 0.0995. The van der Waals surface area contributed by atoms with Crippen molar-refractivity contribution >= 4 is 21.6 Å². The van der Waals surface area contributed by atoms with Crippen LogP contribution in [0.2, 0.25) is 5.02 Å². The predicted molar refractivity (Wildman–Crippen MR) is 81.7 cm³/mol. The number of nitrogens with one attached hydrogen (secondary N) is 1. The molecule has 23 heavy (non-hydrogen) atoms. The Balaban J connectivity index is 2.25. The molecule has 2 aromatic rings. The lowest BCUT2D eigenvalue weighted by atomic mass is 10.1. The number of sulfonamides is 1. The Kier molecular flexibility index (Phi) is 5.03. The lowest BCUT2D eigenvalue weighted by Gasteiger charge is -2.13. The number of benzene rings is 2. The summed E-state index contributed by atoms with van der Waals surface area (Å²) in [5.41, 5.74) is -0.320. The zero-order valence-electron chi connectivity index (χ0n) is 12.0. The maximum absolute atomic E-state index is 12.9. The lowest BCUT2D eigenvalue weighted by molar-refractivity contribution is -0.138. The van der Waals surface area contributed by atoms with Crippen LogP contribution in [0.25, 0.3) is 0 Å². The molecular formula is C15H13ClF3NO2S. The lowest BCUT2D eigenvalue weighted by Crippen LogP contribution is -2.24. The molecule has 2 aromatic carbocycles. The molecule has 0 bridgehead atoms. The van der Waals surface area contributed by atoms with Gasteiger partial charge in [-0.3, -0.25) is 0 Å². The van der Waals surface area contributed by atoms with Crippen molar-refractivity contribution in [3.63, 3.8) is 0 Å². The topological polar surface area (TPSA) is 46.2 Å². The van der Waals surface area contributed by atoms with Crippen molar-refractivity contribution in [2.75, 3.05) is 0 Å². The average Bonchev–Trinajstić information content (AvgIpc) is 2.47. The molecule has 2 rings (SSSR count). The van der Waals surface area contributed by atoms with Gasteiger partial charge in [0.05, 0.1) is 10.5 Å². The summed E-state index contributed by atoms with van der Waals surface area (Å²) >= 11 is 5.88. The van der Waals surface area contributed by atoms with Gasteiger partial charge in [0.1, 0.15) is 0 Å². The molecule has 0 aliphatic heterocycles. The SMILES string of the molecule is Cc1ccc(S(=O)(=O)NCc2ccccc2C(F)(F)F)cc1Cl. The first-order valence-corrected chi connectivity index (χ1v) is 8.38. The van der Waals surface area contributed by atoms with Gasteiger partial charge in [-0.15, -0.1) is 0 Å². The van der Waals surface area contributed by atoms with E-state index in [-0.39, 0.29) is 15.5 Å². The first-order valence-electron chi connectivity index (χ1n) is 6.52. The van der Waals surface area contributed by atoms with E-state index in [0.29, 0.717) is 5.56 Å². The first kappa shape index (κ1) is 17.8. The summed E-state index contributed by atoms with van der Waals surface area (Å²) in [5, 5.41) is 0.267. The zero-order valence-corrected chi connectivity index (χ0v) is 13.6. The van der Waals surface area contributed by atoms with Gasteiger partial charge in [-0.05, 0) is 36.2 Å². The molecule has 0 spiro atoms. The van der Waals surface area contributed by atoms with Crippen LogP contribution in [-0.4, -0.2) is 8.42 Å². The van der Waals surface area contributed by atoms with E-state index in [2.05, 4.69) is 4.72 Å². The van der Waals surface area contributed by atoms with Gasteiger partial charge >= 0.3 is 6.18 Å². The van der Waals surface area contributed by atoms with Gasteiger partial charge in [-0.1, -0.05) is 35.9 Å². The Bertz CT molecular complexity index is 820. The maximum Gasteiger partial charge on any atom is 0.416 e. The third kappa shape index (κ3) is 4.25. The van der Waals surface area contributed by atoms with Crippen LogP contribution in [0.5, 0.6) is 0 Å². The van der Waals surface area contributed by atoms with Crippen LogP contribution >= 0.6 is 11.6 Å². The van der Waals surface area contributed by atoms with Crippen molar-refractivity contribution in [2.45, 2.75) is 24.5 Å². The van der Waals surface area contributed by atoms with Crippen LogP contribution < -0.4 is 4.72 Å². The number of hydrogen-bond acceptors (Lipinski definition) is 2. The number of rotatable bonds is 4. The van der Waals surface area contributed by atoms with Crippen LogP contribution in [0, 0.1) is 6.92 Å². The van der Waals surface area contributed by atoms with Gasteiger partial charge in [0.25, 0.3) is 0 Å². The summed E-state index contributed by atoms with van der Waals surface area (Å²) in [6.07, 6.45) is -4.55. The largest absolute Gasteiger partial charge is 0.416 e. The third-order valence-electron chi connectivity index (χ3n) is 3.23. The summed E-state index contributed by atoms with van der Waals surface area (Å²) in [6.45, 7) is 1.25. The summed E-state index contributed by atoms with van der Waals surface area (Å²) < 4.78 is 65.2. The highest BCUT2D eigenvalue weighted by atomic mass is 35.5. The molecule has 0 radical (unpaired) electrons. The van der Waals surface area contributed by atoms with Crippen LogP contribution in [0.4, 0.5) is 13.2 Å². The molecule has 124 valence electrons. The number of aryl methyl sites for hydroxylation is 1. The molecule has 0 aromatic heterocycles. The summed E-state index contributed by atoms with van der Waals surface area (Å²) in [7, 11) is -3.96. The Morgan fingerprint density at radius 2 is 1.78 bits per heavy atom. The van der Waals surface area contributed by atoms with Gasteiger partial charge in [0.15, 0.2) is 0 Å². The second-order valence-corrected chi connectivity index (χ2v) is 7.06. The minimum atomic E-state index is -4.55. The first-order chi connectivity index (χ1) is 10.6. The van der Waals surface area contributed by atoms with Crippen molar-refractivity contribution < 1.29 is 21.6 Å². The Hall–Kier alpha value is -1.57. The van der Waals surface area contributed by atoms with Gasteiger partial charge in [-0.2, -0.15) is 13.2 Å². The van der Waals surface area contributed by atoms with Crippen molar-refractivity contribution in [1.29, 1.82) is 0 Å². The molecule has 0 amide bonds. The van der Waals surface area contributed by atoms with Gasteiger partial charge in [0, 0.05) is 11.6 Å². The van der Waals surface area contributed by atoms with Crippen molar-refractivity contribution in [3.05, 3.63) is 64.2 Å². The van der Waals surface area contributed by atoms with Crippen LogP contribution in [0.15, 0.2) is 47.4 Å². The Morgan fingerprint density at radius 3 is 2.39 bits per heavy atom. The molecule has 0 aliphatic rings. The van der Waals surface area contributed by atoms with E-state index in [4.69, 9.17) is 11.6 Å². The van der Waals surface area contributed by atoms with E-state index in [0.717, 1.165) is 6.07 Å². The highest BCUT2D eigenvalue weighted by Gasteiger charge is 2.33. The van der Waals surface area contributed by atoms with Crippen LogP contribution in [0.1, 0.15) is 16.7 Å². The van der Waals surface area contributed by atoms with E-state index in [1.54, 1.807) is 6.92 Å². The van der Waals surface area contributed by atoms with Crippen molar-refractivity contribution in [3.8, 4) is 0 Å². The second kappa shape index (κ2) is 6.51. The van der Waals surface area contributed by atoms with Crippen LogP contribution in [-0.2, 0) is 22.7 Å². The molecule has 8 heteroatoms. The van der Waals surface area contributed by atoms with E-state index < -0.39 is 28.3 Å². The molecule has 0 fully saturated rings. The fourth-order valence-electron chi connectivity index (χ4n) is 1.95. The van der Waals surface area contributed by atoms with E-state index in [9.17, 15) is 21.6 Å². The minimum Gasteiger partial charge on any atom is -0.207 e. The highest BCUT2D eigenvalue weighted by Crippen LogP contribution is 2.32. The van der Waals surface area contributed by atoms with Gasteiger partial charge < -0.3 is 0 Å². The predicted octanol–water partition coefficient (Wildman–Crippen LogP) is 4.15. The molecule has 0 unspecified atom stereocenters. The molecule has 3 nitrogen and oxygen atoms in total. The normalized spacial score (nSPS) is 12.4. The third-order valence-corrected chi connectivity index (χ3v) is 5.04. The molecule has 0 atom stereocenters. The Labute approximate surface area is 137 Å². The number of alkyl halides is 3. The molecule has 0 saturated heterocycles. The quantitative estimate of drug-likeness (QED) is 0.887. The van der Waals surface area contributed by atoms with E-state index in [1.165, 1.54) is 36.4 Å². The molecule has 0 saturated carbocycles. The second-order valence-electron chi connectivity index (χ2n) is 4.89. The summed E-state index contributed by atoms with van der Waals surface area (Å²) in [4.78, 5) is -0.0995. The highest BCUT2D eigenvalue weighted by molar-refractivity contribution is 7.89.